The van der Waals surface area contributed by atoms with E-state index in [0.29, 0.717) is 19.5 Å². The molecule has 1 unspecified atom stereocenters. The summed E-state index contributed by atoms with van der Waals surface area (Å²) < 4.78 is 0. The van der Waals surface area contributed by atoms with Gasteiger partial charge in [-0.1, -0.05) is 76.3 Å². The zero-order valence-corrected chi connectivity index (χ0v) is 21.4. The summed E-state index contributed by atoms with van der Waals surface area (Å²) in [6.07, 6.45) is 7.57. The van der Waals surface area contributed by atoms with Crippen molar-refractivity contribution in [3.05, 3.63) is 35.9 Å². The second-order valence-corrected chi connectivity index (χ2v) is 9.25. The molecule has 1 N–H and O–H groups in total. The molecular formula is C26H43N5O3. The van der Waals surface area contributed by atoms with Gasteiger partial charge in [0.25, 0.3) is 0 Å². The van der Waals surface area contributed by atoms with E-state index in [4.69, 9.17) is 0 Å². The van der Waals surface area contributed by atoms with Crippen LogP contribution >= 0.6 is 0 Å². The van der Waals surface area contributed by atoms with Crippen LogP contribution in [0.15, 0.2) is 30.3 Å². The predicted molar refractivity (Wildman–Crippen MR) is 135 cm³/mol. The summed E-state index contributed by atoms with van der Waals surface area (Å²) in [4.78, 5) is 42.2. The summed E-state index contributed by atoms with van der Waals surface area (Å²) in [5, 5.41) is 6.28. The number of rotatable bonds is 14. The van der Waals surface area contributed by atoms with Gasteiger partial charge in [0, 0.05) is 20.1 Å². The zero-order chi connectivity index (χ0) is 24.9. The van der Waals surface area contributed by atoms with Gasteiger partial charge in [0.1, 0.15) is 12.5 Å². The molecule has 0 aromatic heterocycles. The number of hydrazine groups is 1. The van der Waals surface area contributed by atoms with E-state index in [2.05, 4.69) is 17.1 Å². The van der Waals surface area contributed by atoms with Gasteiger partial charge in [0.2, 0.25) is 5.91 Å². The standard InChI is InChI=1S/C26H43N5O3/c1-5-7-8-9-13-17-28(3)19-24-30(23(21-32)14-6-2)25(33)20-29(4)31(24)26(34)27-18-22-15-11-10-12-16-22/h10-12,15-16,21,23-24H,5-9,13-14,17-20H2,1-4H3,(H,27,34)/t23-,24?/m0/s1. The lowest BCUT2D eigenvalue weighted by molar-refractivity contribution is -0.171. The van der Waals surface area contributed by atoms with Gasteiger partial charge >= 0.3 is 6.03 Å². The molecule has 0 radical (unpaired) electrons. The van der Waals surface area contributed by atoms with Crippen molar-refractivity contribution < 1.29 is 14.4 Å². The van der Waals surface area contributed by atoms with Crippen LogP contribution in [0.4, 0.5) is 4.79 Å². The van der Waals surface area contributed by atoms with Gasteiger partial charge in [-0.3, -0.25) is 4.79 Å². The highest BCUT2D eigenvalue weighted by atomic mass is 16.2. The fourth-order valence-corrected chi connectivity index (χ4v) is 4.51. The molecule has 0 bridgehead atoms. The molecule has 1 heterocycles. The van der Waals surface area contributed by atoms with E-state index in [-0.39, 0.29) is 18.5 Å². The second kappa shape index (κ2) is 14.7. The third-order valence-corrected chi connectivity index (χ3v) is 6.34. The van der Waals surface area contributed by atoms with Crippen LogP contribution in [0.2, 0.25) is 0 Å². The Balaban J connectivity index is 2.19. The maximum absolute atomic E-state index is 13.4. The molecule has 1 aromatic rings. The van der Waals surface area contributed by atoms with E-state index in [1.807, 2.05) is 44.3 Å². The van der Waals surface area contributed by atoms with Crippen molar-refractivity contribution >= 4 is 18.2 Å². The van der Waals surface area contributed by atoms with Crippen LogP contribution in [-0.2, 0) is 16.1 Å². The first-order valence-corrected chi connectivity index (χ1v) is 12.7. The number of benzene rings is 1. The highest BCUT2D eigenvalue weighted by molar-refractivity contribution is 5.84. The highest BCUT2D eigenvalue weighted by Crippen LogP contribution is 2.22. The molecule has 8 heteroatoms. The number of hydrogen-bond acceptors (Lipinski definition) is 5. The van der Waals surface area contributed by atoms with Crippen LogP contribution in [0, 0.1) is 0 Å². The maximum Gasteiger partial charge on any atom is 0.334 e. The fourth-order valence-electron chi connectivity index (χ4n) is 4.51. The van der Waals surface area contributed by atoms with Gasteiger partial charge in [-0.2, -0.15) is 0 Å². The van der Waals surface area contributed by atoms with Crippen molar-refractivity contribution in [1.29, 1.82) is 0 Å². The Bertz CT molecular complexity index is 760. The molecule has 8 nitrogen and oxygen atoms in total. The number of urea groups is 1. The van der Waals surface area contributed by atoms with Crippen molar-refractivity contribution in [1.82, 2.24) is 25.1 Å². The van der Waals surface area contributed by atoms with Crippen molar-refractivity contribution in [2.45, 2.75) is 77.5 Å². The Hall–Kier alpha value is -2.45. The lowest BCUT2D eigenvalue weighted by Crippen LogP contribution is -2.71. The molecule has 1 saturated heterocycles. The molecule has 1 fully saturated rings. The van der Waals surface area contributed by atoms with E-state index in [1.54, 1.807) is 22.0 Å². The first kappa shape index (κ1) is 27.8. The number of carbonyl (C=O) groups is 3. The van der Waals surface area contributed by atoms with Crippen molar-refractivity contribution in [3.63, 3.8) is 0 Å². The zero-order valence-electron chi connectivity index (χ0n) is 21.4. The molecule has 190 valence electrons. The van der Waals surface area contributed by atoms with Crippen molar-refractivity contribution in [2.75, 3.05) is 33.7 Å². The van der Waals surface area contributed by atoms with Gasteiger partial charge in [0.05, 0.1) is 12.6 Å². The van der Waals surface area contributed by atoms with Crippen molar-refractivity contribution in [3.8, 4) is 0 Å². The molecule has 1 aromatic carbocycles. The van der Waals surface area contributed by atoms with Crippen LogP contribution in [-0.4, -0.2) is 84.0 Å². The molecule has 2 rings (SSSR count). The minimum atomic E-state index is -0.551. The van der Waals surface area contributed by atoms with E-state index in [0.717, 1.165) is 31.2 Å². The van der Waals surface area contributed by atoms with E-state index >= 15 is 0 Å². The SMILES string of the molecule is CCCCCCCN(C)CC1N([C@H](C=O)CCC)C(=O)CN(C)N1C(=O)NCc1ccccc1. The summed E-state index contributed by atoms with van der Waals surface area (Å²) in [7, 11) is 3.78. The summed E-state index contributed by atoms with van der Waals surface area (Å²) >= 11 is 0. The smallest absolute Gasteiger partial charge is 0.333 e. The van der Waals surface area contributed by atoms with Gasteiger partial charge in [-0.05, 0) is 32.0 Å². The molecule has 0 spiro atoms. The number of amides is 3. The number of carbonyl (C=O) groups excluding carboxylic acids is 3. The van der Waals surface area contributed by atoms with Crippen molar-refractivity contribution in [2.24, 2.45) is 0 Å². The maximum atomic E-state index is 13.4. The lowest BCUT2D eigenvalue weighted by atomic mass is 10.1. The summed E-state index contributed by atoms with van der Waals surface area (Å²) in [5.74, 6) is -0.124. The number of nitrogens with zero attached hydrogens (tertiary/aromatic N) is 4. The van der Waals surface area contributed by atoms with Gasteiger partial charge in [-0.15, -0.1) is 0 Å². The van der Waals surface area contributed by atoms with Crippen LogP contribution in [0.1, 0.15) is 64.4 Å². The average molecular weight is 474 g/mol. The molecule has 2 atom stereocenters. The third kappa shape index (κ3) is 8.09. The van der Waals surface area contributed by atoms with Crippen LogP contribution in [0.3, 0.4) is 0 Å². The van der Waals surface area contributed by atoms with Gasteiger partial charge in [0.15, 0.2) is 0 Å². The van der Waals surface area contributed by atoms with E-state index in [9.17, 15) is 14.4 Å². The van der Waals surface area contributed by atoms with Gasteiger partial charge < -0.3 is 19.9 Å². The molecule has 3 amide bonds. The van der Waals surface area contributed by atoms with Crippen LogP contribution in [0.5, 0.6) is 0 Å². The Morgan fingerprint density at radius 2 is 1.85 bits per heavy atom. The number of hydrogen-bond donors (Lipinski definition) is 1. The van der Waals surface area contributed by atoms with Crippen LogP contribution in [0.25, 0.3) is 0 Å². The summed E-state index contributed by atoms with van der Waals surface area (Å²) in [5.41, 5.74) is 1.00. The molecular weight excluding hydrogens is 430 g/mol. The molecule has 0 aliphatic carbocycles. The minimum Gasteiger partial charge on any atom is -0.333 e. The quantitative estimate of drug-likeness (QED) is 0.331. The first-order chi connectivity index (χ1) is 16.4. The summed E-state index contributed by atoms with van der Waals surface area (Å²) in [6.45, 7) is 6.02. The first-order valence-electron chi connectivity index (χ1n) is 12.7. The largest absolute Gasteiger partial charge is 0.334 e. The highest BCUT2D eigenvalue weighted by Gasteiger charge is 2.43. The lowest BCUT2D eigenvalue weighted by Gasteiger charge is -2.50. The minimum absolute atomic E-state index is 0.0596. The molecule has 1 aliphatic rings. The fraction of sp³-hybridized carbons (Fsp3) is 0.654. The molecule has 34 heavy (non-hydrogen) atoms. The van der Waals surface area contributed by atoms with E-state index < -0.39 is 12.2 Å². The Morgan fingerprint density at radius 3 is 2.50 bits per heavy atom. The van der Waals surface area contributed by atoms with Gasteiger partial charge in [-0.25, -0.2) is 14.8 Å². The van der Waals surface area contributed by atoms with Crippen LogP contribution < -0.4 is 5.32 Å². The summed E-state index contributed by atoms with van der Waals surface area (Å²) in [6, 6.07) is 8.92. The molecule has 0 saturated carbocycles. The Kier molecular flexibility index (Phi) is 12.0. The second-order valence-electron chi connectivity index (χ2n) is 9.25. The number of nitrogens with one attached hydrogen (secondary N) is 1. The molecule has 1 aliphatic heterocycles. The number of aldehydes is 1. The monoisotopic (exact) mass is 473 g/mol. The third-order valence-electron chi connectivity index (χ3n) is 6.34. The Morgan fingerprint density at radius 1 is 1.15 bits per heavy atom. The normalized spacial score (nSPS) is 17.8. The average Bonchev–Trinajstić information content (AvgIpc) is 2.82. The number of unbranched alkanes of at least 4 members (excludes halogenated alkanes) is 4. The topological polar surface area (TPSA) is 76.2 Å². The number of likely N-dealkylation sites (N-methyl/N-ethyl adjacent to an activating group) is 2. The Labute approximate surface area is 205 Å². The van der Waals surface area contributed by atoms with E-state index in [1.165, 1.54) is 25.7 Å². The predicted octanol–water partition coefficient (Wildman–Crippen LogP) is 3.48.